The lowest BCUT2D eigenvalue weighted by Crippen LogP contribution is -1.99. The second kappa shape index (κ2) is 6.14. The van der Waals surface area contributed by atoms with Gasteiger partial charge in [-0.1, -0.05) is 0 Å². The fourth-order valence-corrected chi connectivity index (χ4v) is 1.83. The molecule has 1 heterocycles. The molecule has 0 saturated heterocycles. The third-order valence-electron chi connectivity index (χ3n) is 2.82. The van der Waals surface area contributed by atoms with E-state index in [1.165, 1.54) is 0 Å². The van der Waals surface area contributed by atoms with E-state index in [2.05, 4.69) is 5.10 Å². The van der Waals surface area contributed by atoms with Crippen molar-refractivity contribution >= 4 is 22.9 Å². The molecule has 2 rings (SSSR count). The monoisotopic (exact) mass is 354 g/mol. The lowest BCUT2D eigenvalue weighted by molar-refractivity contribution is -0.425. The van der Waals surface area contributed by atoms with Crippen LogP contribution in [-0.2, 0) is 7.05 Å². The molecule has 0 fully saturated rings. The van der Waals surface area contributed by atoms with Crippen molar-refractivity contribution in [2.24, 2.45) is 7.05 Å². The van der Waals surface area contributed by atoms with Crippen LogP contribution in [0.3, 0.4) is 0 Å². The minimum Gasteiger partial charge on any atom is -0.432 e. The van der Waals surface area contributed by atoms with Gasteiger partial charge in [-0.2, -0.15) is 0 Å². The number of hydrogen-bond donors (Lipinski definition) is 0. The van der Waals surface area contributed by atoms with Crippen LogP contribution < -0.4 is 4.74 Å². The lowest BCUT2D eigenvalue weighted by atomic mass is 10.2. The average molecular weight is 354 g/mol. The molecule has 15 heteroatoms. The predicted molar refractivity (Wildman–Crippen MR) is 76.3 cm³/mol. The van der Waals surface area contributed by atoms with Gasteiger partial charge in [-0.05, 0) is 4.92 Å². The van der Waals surface area contributed by atoms with Gasteiger partial charge in [0.05, 0.1) is 45.1 Å². The van der Waals surface area contributed by atoms with Crippen LogP contribution in [0.25, 0.3) is 0 Å². The molecule has 130 valence electrons. The van der Waals surface area contributed by atoms with Crippen LogP contribution >= 0.6 is 0 Å². The summed E-state index contributed by atoms with van der Waals surface area (Å²) in [6.45, 7) is 0. The highest BCUT2D eigenvalue weighted by Gasteiger charge is 2.39. The van der Waals surface area contributed by atoms with Gasteiger partial charge in [0.1, 0.15) is 5.75 Å². The number of ether oxygens (including phenoxy) is 1. The Balaban J connectivity index is 2.60. The summed E-state index contributed by atoms with van der Waals surface area (Å²) in [5.41, 5.74) is -2.51. The maximum absolute atomic E-state index is 11.1. The van der Waals surface area contributed by atoms with E-state index in [9.17, 15) is 40.5 Å². The first-order valence-electron chi connectivity index (χ1n) is 6.09. The topological polar surface area (TPSA) is 200 Å². The standard InChI is InChI=1S/C10H6N6O9/c1-12-10(8(15(21)22)9(11-12)16(23)24)25-7-3-5(13(17)18)2-6(4-7)14(19)20/h2-4H,1H3. The molecule has 0 saturated carbocycles. The number of aromatic nitrogens is 2. The zero-order valence-corrected chi connectivity index (χ0v) is 12.1. The molecule has 2 aromatic rings. The molecule has 0 N–H and O–H groups in total. The predicted octanol–water partition coefficient (Wildman–Crippen LogP) is 1.85. The molecular weight excluding hydrogens is 348 g/mol. The quantitative estimate of drug-likeness (QED) is 0.544. The summed E-state index contributed by atoms with van der Waals surface area (Å²) in [6.07, 6.45) is 0. The molecule has 1 aromatic carbocycles. The van der Waals surface area contributed by atoms with Crippen LogP contribution in [-0.4, -0.2) is 29.5 Å². The summed E-state index contributed by atoms with van der Waals surface area (Å²) in [6, 6.07) is 2.21. The van der Waals surface area contributed by atoms with E-state index < -0.39 is 54.2 Å². The van der Waals surface area contributed by atoms with Crippen molar-refractivity contribution in [1.82, 2.24) is 9.78 Å². The van der Waals surface area contributed by atoms with Crippen LogP contribution in [0.4, 0.5) is 22.9 Å². The zero-order chi connectivity index (χ0) is 18.9. The van der Waals surface area contributed by atoms with Gasteiger partial charge < -0.3 is 14.9 Å². The highest BCUT2D eigenvalue weighted by molar-refractivity contribution is 5.58. The van der Waals surface area contributed by atoms with E-state index in [-0.39, 0.29) is 0 Å². The highest BCUT2D eigenvalue weighted by Crippen LogP contribution is 2.39. The van der Waals surface area contributed by atoms with E-state index in [0.29, 0.717) is 10.7 Å². The van der Waals surface area contributed by atoms with Crippen molar-refractivity contribution in [3.63, 3.8) is 0 Å². The number of nitro groups is 4. The first kappa shape index (κ1) is 17.2. The van der Waals surface area contributed by atoms with E-state index in [1.807, 2.05) is 0 Å². The van der Waals surface area contributed by atoms with E-state index in [0.717, 1.165) is 19.2 Å². The number of hydrogen-bond acceptors (Lipinski definition) is 10. The Morgan fingerprint density at radius 1 is 0.880 bits per heavy atom. The van der Waals surface area contributed by atoms with Crippen molar-refractivity contribution < 1.29 is 24.4 Å². The Morgan fingerprint density at radius 2 is 1.40 bits per heavy atom. The minimum absolute atomic E-state index is 0.498. The molecule has 15 nitrogen and oxygen atoms in total. The summed E-state index contributed by atoms with van der Waals surface area (Å²) in [4.78, 5) is 39.4. The van der Waals surface area contributed by atoms with Gasteiger partial charge in [-0.25, -0.2) is 0 Å². The van der Waals surface area contributed by atoms with Gasteiger partial charge in [0.25, 0.3) is 11.4 Å². The van der Waals surface area contributed by atoms with Crippen molar-refractivity contribution in [3.8, 4) is 11.6 Å². The van der Waals surface area contributed by atoms with Crippen LogP contribution in [0.15, 0.2) is 18.2 Å². The van der Waals surface area contributed by atoms with Crippen molar-refractivity contribution in [2.45, 2.75) is 0 Å². The molecule has 0 bridgehead atoms. The first-order chi connectivity index (χ1) is 11.6. The van der Waals surface area contributed by atoms with Gasteiger partial charge in [0.2, 0.25) is 0 Å². The molecule has 0 radical (unpaired) electrons. The average Bonchev–Trinajstić information content (AvgIpc) is 2.84. The number of nitro benzene ring substituents is 2. The smallest absolute Gasteiger partial charge is 0.432 e. The highest BCUT2D eigenvalue weighted by atomic mass is 16.6. The van der Waals surface area contributed by atoms with Gasteiger partial charge in [0, 0.05) is 0 Å². The molecule has 0 aliphatic rings. The fourth-order valence-electron chi connectivity index (χ4n) is 1.83. The molecule has 25 heavy (non-hydrogen) atoms. The Hall–Kier alpha value is -4.17. The van der Waals surface area contributed by atoms with Gasteiger partial charge in [0.15, 0.2) is 0 Å². The minimum atomic E-state index is -1.12. The van der Waals surface area contributed by atoms with Crippen LogP contribution in [0.1, 0.15) is 0 Å². The number of non-ortho nitro benzene ring substituents is 2. The van der Waals surface area contributed by atoms with Crippen molar-refractivity contribution in [2.75, 3.05) is 0 Å². The van der Waals surface area contributed by atoms with Gasteiger partial charge in [-0.15, -0.1) is 4.68 Å². The summed E-state index contributed by atoms with van der Waals surface area (Å²) >= 11 is 0. The molecule has 0 aliphatic carbocycles. The Kier molecular flexibility index (Phi) is 4.22. The summed E-state index contributed by atoms with van der Waals surface area (Å²) in [5, 5.41) is 46.9. The third kappa shape index (κ3) is 3.28. The Morgan fingerprint density at radius 3 is 1.80 bits per heavy atom. The summed E-state index contributed by atoms with van der Waals surface area (Å²) in [5.74, 6) is -2.32. The molecule has 0 unspecified atom stereocenters. The molecule has 0 aliphatic heterocycles. The Bertz CT molecular complexity index is 888. The van der Waals surface area contributed by atoms with E-state index in [4.69, 9.17) is 4.74 Å². The van der Waals surface area contributed by atoms with E-state index >= 15 is 0 Å². The maximum Gasteiger partial charge on any atom is 0.472 e. The number of rotatable bonds is 6. The largest absolute Gasteiger partial charge is 0.472 e. The van der Waals surface area contributed by atoms with Gasteiger partial charge >= 0.3 is 17.4 Å². The molecular formula is C10H6N6O9. The molecule has 1 aromatic heterocycles. The molecule has 0 amide bonds. The van der Waals surface area contributed by atoms with Gasteiger partial charge in [-0.3, -0.25) is 30.3 Å². The molecule has 0 spiro atoms. The maximum atomic E-state index is 11.1. The number of nitrogens with zero attached hydrogens (tertiary/aromatic N) is 6. The van der Waals surface area contributed by atoms with Crippen molar-refractivity contribution in [3.05, 3.63) is 58.7 Å². The SMILES string of the molecule is Cn1nc([N+](=O)[O-])c([N+](=O)[O-])c1Oc1cc([N+](=O)[O-])cc([N+](=O)[O-])c1. The zero-order valence-electron chi connectivity index (χ0n) is 12.1. The van der Waals surface area contributed by atoms with Crippen LogP contribution in [0.5, 0.6) is 11.6 Å². The Labute approximate surface area is 135 Å². The van der Waals surface area contributed by atoms with Crippen LogP contribution in [0.2, 0.25) is 0 Å². The second-order valence-electron chi connectivity index (χ2n) is 4.42. The number of aryl methyl sites for hydroxylation is 1. The van der Waals surface area contributed by atoms with E-state index in [1.54, 1.807) is 0 Å². The fraction of sp³-hybridized carbons (Fsp3) is 0.100. The summed E-state index contributed by atoms with van der Waals surface area (Å²) < 4.78 is 5.73. The lowest BCUT2D eigenvalue weighted by Gasteiger charge is -2.03. The third-order valence-corrected chi connectivity index (χ3v) is 2.82. The van der Waals surface area contributed by atoms with Crippen molar-refractivity contribution in [1.29, 1.82) is 0 Å². The first-order valence-corrected chi connectivity index (χ1v) is 6.09. The summed E-state index contributed by atoms with van der Waals surface area (Å²) in [7, 11) is 1.10. The normalized spacial score (nSPS) is 10.3. The molecule has 0 atom stereocenters. The second-order valence-corrected chi connectivity index (χ2v) is 4.42. The number of benzene rings is 1. The van der Waals surface area contributed by atoms with Crippen LogP contribution in [0, 0.1) is 40.5 Å².